The second-order valence-electron chi connectivity index (χ2n) is 12.3. The number of phenolic OH excluding ortho intramolecular Hbond substituents is 1. The number of ketones is 2. The molecule has 0 unspecified atom stereocenters. The maximum absolute atomic E-state index is 16.1. The van der Waals surface area contributed by atoms with Crippen LogP contribution in [0.5, 0.6) is 5.75 Å². The molecule has 5 aliphatic carbocycles. The van der Waals surface area contributed by atoms with Crippen molar-refractivity contribution >= 4 is 17.5 Å². The Morgan fingerprint density at radius 2 is 1.82 bits per heavy atom. The molecule has 0 heterocycles. The largest absolute Gasteiger partial charge is 0.510 e. The van der Waals surface area contributed by atoms with Crippen LogP contribution < -0.4 is 5.73 Å². The number of carbonyl (C=O) groups is 3. The van der Waals surface area contributed by atoms with E-state index in [0.29, 0.717) is 24.1 Å². The van der Waals surface area contributed by atoms with Crippen molar-refractivity contribution in [3.63, 3.8) is 0 Å². The third-order valence-corrected chi connectivity index (χ3v) is 9.36. The number of likely N-dealkylation sites (N-methyl/N-ethyl adjacent to an activating group) is 1. The molecule has 4 atom stereocenters. The molecule has 0 bridgehead atoms. The summed E-state index contributed by atoms with van der Waals surface area (Å²) in [5, 5.41) is 44.8. The van der Waals surface area contributed by atoms with Gasteiger partial charge in [0.2, 0.25) is 5.78 Å². The van der Waals surface area contributed by atoms with Crippen LogP contribution in [0.4, 0.5) is 4.39 Å². The van der Waals surface area contributed by atoms with E-state index in [2.05, 4.69) is 4.90 Å². The number of halogens is 1. The van der Waals surface area contributed by atoms with Crippen molar-refractivity contribution in [1.29, 1.82) is 0 Å². The van der Waals surface area contributed by atoms with Gasteiger partial charge in [-0.2, -0.15) is 0 Å². The minimum atomic E-state index is -2.72. The van der Waals surface area contributed by atoms with Crippen molar-refractivity contribution in [3.05, 3.63) is 51.2 Å². The summed E-state index contributed by atoms with van der Waals surface area (Å²) in [4.78, 5) is 42.9. The smallest absolute Gasteiger partial charge is 0.255 e. The van der Waals surface area contributed by atoms with E-state index in [1.807, 2.05) is 0 Å². The van der Waals surface area contributed by atoms with Crippen LogP contribution in [-0.4, -0.2) is 86.0 Å². The average Bonchev–Trinajstić information content (AvgIpc) is 3.78. The Morgan fingerprint density at radius 3 is 2.40 bits per heavy atom. The summed E-state index contributed by atoms with van der Waals surface area (Å²) in [6.07, 6.45) is 4.28. The highest BCUT2D eigenvalue weighted by atomic mass is 19.1. The highest BCUT2D eigenvalue weighted by Gasteiger charge is 2.63. The van der Waals surface area contributed by atoms with E-state index in [0.717, 1.165) is 32.2 Å². The molecule has 6 N–H and O–H groups in total. The van der Waals surface area contributed by atoms with Gasteiger partial charge in [-0.1, -0.05) is 0 Å². The number of amides is 1. The third kappa shape index (κ3) is 3.89. The van der Waals surface area contributed by atoms with E-state index >= 15 is 4.39 Å². The van der Waals surface area contributed by atoms with Crippen LogP contribution in [-0.2, 0) is 22.6 Å². The van der Waals surface area contributed by atoms with Gasteiger partial charge >= 0.3 is 0 Å². The molecule has 2 fully saturated rings. The molecular formula is C29H34FN3O7. The van der Waals surface area contributed by atoms with Gasteiger partial charge in [-0.15, -0.1) is 0 Å². The molecule has 1 aromatic rings. The monoisotopic (exact) mass is 555 g/mol. The predicted octanol–water partition coefficient (Wildman–Crippen LogP) is 1.63. The molecule has 6 rings (SSSR count). The number of primary amides is 1. The molecular weight excluding hydrogens is 521 g/mol. The van der Waals surface area contributed by atoms with Crippen molar-refractivity contribution in [3.8, 4) is 5.75 Å². The van der Waals surface area contributed by atoms with Crippen molar-refractivity contribution in [2.75, 3.05) is 20.6 Å². The highest BCUT2D eigenvalue weighted by molar-refractivity contribution is 6.24. The molecule has 214 valence electrons. The molecule has 0 aromatic heterocycles. The number of carbonyl (C=O) groups excluding carboxylic acids is 3. The van der Waals surface area contributed by atoms with Crippen LogP contribution in [0, 0.1) is 23.6 Å². The summed E-state index contributed by atoms with van der Waals surface area (Å²) in [5.74, 6) is -7.42. The van der Waals surface area contributed by atoms with Gasteiger partial charge in [-0.05, 0) is 70.5 Å². The highest BCUT2D eigenvalue weighted by Crippen LogP contribution is 2.52. The number of rotatable bonds is 7. The van der Waals surface area contributed by atoms with Gasteiger partial charge in [-0.3, -0.25) is 24.2 Å². The predicted molar refractivity (Wildman–Crippen MR) is 140 cm³/mol. The van der Waals surface area contributed by atoms with Crippen molar-refractivity contribution < 1.29 is 39.2 Å². The van der Waals surface area contributed by atoms with Crippen molar-refractivity contribution in [2.24, 2.45) is 23.5 Å². The zero-order valence-corrected chi connectivity index (χ0v) is 22.5. The number of phenols is 1. The van der Waals surface area contributed by atoms with Crippen LogP contribution in [0.15, 0.2) is 28.7 Å². The van der Waals surface area contributed by atoms with Crippen molar-refractivity contribution in [2.45, 2.75) is 62.8 Å². The summed E-state index contributed by atoms with van der Waals surface area (Å²) < 4.78 is 16.1. The van der Waals surface area contributed by atoms with Gasteiger partial charge in [0.1, 0.15) is 28.7 Å². The van der Waals surface area contributed by atoms with E-state index in [4.69, 9.17) is 5.73 Å². The van der Waals surface area contributed by atoms with Crippen LogP contribution in [0.2, 0.25) is 0 Å². The fraction of sp³-hybridized carbons (Fsp3) is 0.552. The van der Waals surface area contributed by atoms with E-state index in [1.165, 1.54) is 11.0 Å². The summed E-state index contributed by atoms with van der Waals surface area (Å²) in [5.41, 5.74) is 1.50. The second-order valence-corrected chi connectivity index (χ2v) is 12.3. The van der Waals surface area contributed by atoms with Crippen LogP contribution >= 0.6 is 0 Å². The molecule has 11 heteroatoms. The average molecular weight is 556 g/mol. The standard InChI is InChI=1S/C29H34FN3O7/c1-32(2)23-17-8-13-7-16-20(18(34)9-14(22(16)30)11-33(15-5-6-15)10-12-3-4-12)24(35)19(13)26(37)29(17,40)27(38)21(25(23)36)28(31)39/h9,12-13,15,17,23,34,36-37,40H,3-8,10-11H2,1-2H3,(H2,31,39)/t13-,17-,23-,29-/m0/s1. The molecule has 2 saturated carbocycles. The molecule has 0 spiro atoms. The number of hydrogen-bond donors (Lipinski definition) is 5. The van der Waals surface area contributed by atoms with E-state index < -0.39 is 69.6 Å². The summed E-state index contributed by atoms with van der Waals surface area (Å²) in [6.45, 7) is 1.18. The lowest BCUT2D eigenvalue weighted by Crippen LogP contribution is -2.63. The van der Waals surface area contributed by atoms with Crippen LogP contribution in [0.3, 0.4) is 0 Å². The summed E-state index contributed by atoms with van der Waals surface area (Å²) in [7, 11) is 3.12. The third-order valence-electron chi connectivity index (χ3n) is 9.36. The van der Waals surface area contributed by atoms with Gasteiger partial charge in [-0.25, -0.2) is 4.39 Å². The summed E-state index contributed by atoms with van der Waals surface area (Å²) in [6, 6.07) is 0.552. The summed E-state index contributed by atoms with van der Waals surface area (Å²) >= 11 is 0. The number of Topliss-reactive ketones (excluding diaryl/α,β-unsaturated/α-hetero) is 2. The van der Waals surface area contributed by atoms with E-state index in [-0.39, 0.29) is 29.5 Å². The first-order chi connectivity index (χ1) is 18.9. The lowest BCUT2D eigenvalue weighted by Gasteiger charge is -2.50. The number of nitrogens with zero attached hydrogens (tertiary/aromatic N) is 2. The zero-order chi connectivity index (χ0) is 28.8. The second kappa shape index (κ2) is 9.12. The quantitative estimate of drug-likeness (QED) is 0.315. The first-order valence-electron chi connectivity index (χ1n) is 13.8. The SMILES string of the molecule is CN(C)[C@@H]1C(O)=C(C(N)=O)C(=O)[C@@]2(O)C(O)=C3C(=O)c4c(O)cc(CN(CC5CC5)C5CC5)c(F)c4C[C@H]3C[C@@H]12. The van der Waals surface area contributed by atoms with Crippen LogP contribution in [0.1, 0.15) is 53.6 Å². The lowest BCUT2D eigenvalue weighted by molar-refractivity contribution is -0.148. The van der Waals surface area contributed by atoms with E-state index in [9.17, 15) is 34.8 Å². The molecule has 40 heavy (non-hydrogen) atoms. The zero-order valence-electron chi connectivity index (χ0n) is 22.5. The number of aromatic hydroxyl groups is 1. The van der Waals surface area contributed by atoms with Crippen molar-refractivity contribution in [1.82, 2.24) is 9.80 Å². The number of benzene rings is 1. The normalized spacial score (nSPS) is 30.1. The first-order valence-corrected chi connectivity index (χ1v) is 13.8. The van der Waals surface area contributed by atoms with Crippen LogP contribution in [0.25, 0.3) is 0 Å². The molecule has 10 nitrogen and oxygen atoms in total. The topological polar surface area (TPSA) is 165 Å². The Bertz CT molecular complexity index is 1410. The number of nitrogens with two attached hydrogens (primary N) is 1. The number of fused-ring (bicyclic) bond motifs is 3. The molecule has 0 radical (unpaired) electrons. The maximum Gasteiger partial charge on any atom is 0.255 e. The minimum absolute atomic E-state index is 0.0373. The van der Waals surface area contributed by atoms with E-state index in [1.54, 1.807) is 14.1 Å². The lowest BCUT2D eigenvalue weighted by atomic mass is 9.58. The number of hydrogen-bond acceptors (Lipinski definition) is 9. The molecule has 1 amide bonds. The Hall–Kier alpha value is -3.28. The molecule has 5 aliphatic rings. The maximum atomic E-state index is 16.1. The van der Waals surface area contributed by atoms with Gasteiger partial charge in [0.05, 0.1) is 11.6 Å². The number of aliphatic hydroxyl groups excluding tert-OH is 2. The van der Waals surface area contributed by atoms with Gasteiger partial charge < -0.3 is 26.2 Å². The molecule has 0 saturated heterocycles. The van der Waals surface area contributed by atoms with Gasteiger partial charge in [0.15, 0.2) is 11.4 Å². The van der Waals surface area contributed by atoms with Gasteiger partial charge in [0, 0.05) is 41.7 Å². The Labute approximate surface area is 230 Å². The minimum Gasteiger partial charge on any atom is -0.510 e. The Balaban J connectivity index is 1.43. The fourth-order valence-corrected chi connectivity index (χ4v) is 7.10. The molecule has 1 aromatic carbocycles. The Kier molecular flexibility index (Phi) is 6.14. The molecule has 0 aliphatic heterocycles. The first kappa shape index (κ1) is 26.9. The van der Waals surface area contributed by atoms with Gasteiger partial charge in [0.25, 0.3) is 5.91 Å². The Morgan fingerprint density at radius 1 is 1.15 bits per heavy atom. The fourth-order valence-electron chi connectivity index (χ4n) is 7.10. The number of allylic oxidation sites excluding steroid dienone is 1. The number of aliphatic hydroxyl groups is 3.